The molecule has 1 aliphatic heterocycles. The first-order chi connectivity index (χ1) is 7.23. The van der Waals surface area contributed by atoms with E-state index in [1.807, 2.05) is 0 Å². The SMILES string of the molecule is NCC1CCCN1CC1(O)CCCCC1. The third-order valence-electron chi connectivity index (χ3n) is 4.05. The molecule has 0 aromatic carbocycles. The molecule has 1 saturated carbocycles. The van der Waals surface area contributed by atoms with Crippen LogP contribution in [0.5, 0.6) is 0 Å². The van der Waals surface area contributed by atoms with Gasteiger partial charge >= 0.3 is 0 Å². The molecule has 1 saturated heterocycles. The number of hydrogen-bond donors (Lipinski definition) is 2. The highest BCUT2D eigenvalue weighted by atomic mass is 16.3. The molecule has 3 nitrogen and oxygen atoms in total. The van der Waals surface area contributed by atoms with Crippen molar-refractivity contribution < 1.29 is 5.11 Å². The van der Waals surface area contributed by atoms with E-state index in [1.165, 1.54) is 32.1 Å². The van der Waals surface area contributed by atoms with Crippen molar-refractivity contribution in [2.24, 2.45) is 5.73 Å². The third kappa shape index (κ3) is 2.71. The zero-order valence-electron chi connectivity index (χ0n) is 9.62. The Labute approximate surface area is 92.6 Å². The van der Waals surface area contributed by atoms with Gasteiger partial charge < -0.3 is 10.8 Å². The molecule has 2 aliphatic rings. The fourth-order valence-corrected chi connectivity index (χ4v) is 3.12. The van der Waals surface area contributed by atoms with E-state index in [0.29, 0.717) is 6.04 Å². The number of nitrogens with zero attached hydrogens (tertiary/aromatic N) is 1. The molecule has 1 atom stereocenters. The van der Waals surface area contributed by atoms with Crippen LogP contribution in [0.25, 0.3) is 0 Å². The molecule has 2 fully saturated rings. The number of likely N-dealkylation sites (tertiary alicyclic amines) is 1. The molecule has 1 unspecified atom stereocenters. The van der Waals surface area contributed by atoms with Gasteiger partial charge in [-0.15, -0.1) is 0 Å². The van der Waals surface area contributed by atoms with Crippen molar-refractivity contribution in [3.63, 3.8) is 0 Å². The van der Waals surface area contributed by atoms with Crippen LogP contribution in [0.1, 0.15) is 44.9 Å². The Kier molecular flexibility index (Phi) is 3.65. The van der Waals surface area contributed by atoms with Crippen molar-refractivity contribution in [3.05, 3.63) is 0 Å². The molecule has 0 aromatic rings. The van der Waals surface area contributed by atoms with Crippen molar-refractivity contribution in [1.29, 1.82) is 0 Å². The van der Waals surface area contributed by atoms with Gasteiger partial charge in [0.05, 0.1) is 5.60 Å². The Morgan fingerprint density at radius 3 is 2.60 bits per heavy atom. The van der Waals surface area contributed by atoms with Crippen LogP contribution in [0.4, 0.5) is 0 Å². The number of β-amino-alcohol motifs (C(OH)–C–C–N with tert-alkyl or cyclic N) is 1. The summed E-state index contributed by atoms with van der Waals surface area (Å²) in [6.07, 6.45) is 8.12. The summed E-state index contributed by atoms with van der Waals surface area (Å²) in [7, 11) is 0. The summed E-state index contributed by atoms with van der Waals surface area (Å²) >= 11 is 0. The van der Waals surface area contributed by atoms with Crippen molar-refractivity contribution in [2.45, 2.75) is 56.6 Å². The first-order valence-corrected chi connectivity index (χ1v) is 6.40. The van der Waals surface area contributed by atoms with Crippen LogP contribution < -0.4 is 5.73 Å². The van der Waals surface area contributed by atoms with Gasteiger partial charge in [0, 0.05) is 19.1 Å². The van der Waals surface area contributed by atoms with Gasteiger partial charge in [0.1, 0.15) is 0 Å². The van der Waals surface area contributed by atoms with Gasteiger partial charge in [0.25, 0.3) is 0 Å². The van der Waals surface area contributed by atoms with Crippen LogP contribution >= 0.6 is 0 Å². The summed E-state index contributed by atoms with van der Waals surface area (Å²) in [6, 6.07) is 0.524. The average Bonchev–Trinajstić information content (AvgIpc) is 2.65. The first kappa shape index (κ1) is 11.4. The van der Waals surface area contributed by atoms with Gasteiger partial charge in [0.15, 0.2) is 0 Å². The number of rotatable bonds is 3. The maximum absolute atomic E-state index is 10.5. The number of hydrogen-bond acceptors (Lipinski definition) is 3. The van der Waals surface area contributed by atoms with Crippen LogP contribution in [-0.2, 0) is 0 Å². The smallest absolute Gasteiger partial charge is 0.0774 e. The lowest BCUT2D eigenvalue weighted by Gasteiger charge is -2.37. The lowest BCUT2D eigenvalue weighted by molar-refractivity contribution is -0.0283. The van der Waals surface area contributed by atoms with Crippen molar-refractivity contribution in [3.8, 4) is 0 Å². The highest BCUT2D eigenvalue weighted by molar-refractivity contribution is 4.90. The minimum Gasteiger partial charge on any atom is -0.389 e. The van der Waals surface area contributed by atoms with E-state index in [0.717, 1.165) is 32.5 Å². The Morgan fingerprint density at radius 1 is 1.20 bits per heavy atom. The van der Waals surface area contributed by atoms with E-state index in [2.05, 4.69) is 4.90 Å². The lowest BCUT2D eigenvalue weighted by Crippen LogP contribution is -2.47. The molecule has 3 N–H and O–H groups in total. The molecule has 0 radical (unpaired) electrons. The zero-order valence-corrected chi connectivity index (χ0v) is 9.62. The van der Waals surface area contributed by atoms with Crippen molar-refractivity contribution in [2.75, 3.05) is 19.6 Å². The fraction of sp³-hybridized carbons (Fsp3) is 1.00. The second kappa shape index (κ2) is 4.81. The van der Waals surface area contributed by atoms with Crippen LogP contribution in [0.15, 0.2) is 0 Å². The Morgan fingerprint density at radius 2 is 1.93 bits per heavy atom. The van der Waals surface area contributed by atoms with Gasteiger partial charge in [0.2, 0.25) is 0 Å². The van der Waals surface area contributed by atoms with Gasteiger partial charge in [-0.1, -0.05) is 19.3 Å². The van der Waals surface area contributed by atoms with E-state index in [1.54, 1.807) is 0 Å². The van der Waals surface area contributed by atoms with E-state index >= 15 is 0 Å². The molecule has 15 heavy (non-hydrogen) atoms. The summed E-state index contributed by atoms with van der Waals surface area (Å²) in [6.45, 7) is 2.73. The molecule has 0 amide bonds. The van der Waals surface area contributed by atoms with E-state index < -0.39 is 5.60 Å². The Bertz CT molecular complexity index is 202. The molecule has 88 valence electrons. The van der Waals surface area contributed by atoms with Crippen LogP contribution in [0.2, 0.25) is 0 Å². The van der Waals surface area contributed by atoms with Crippen molar-refractivity contribution >= 4 is 0 Å². The predicted octanol–water partition coefficient (Wildman–Crippen LogP) is 1.10. The Balaban J connectivity index is 1.88. The van der Waals surface area contributed by atoms with Gasteiger partial charge in [-0.3, -0.25) is 4.90 Å². The largest absolute Gasteiger partial charge is 0.389 e. The number of nitrogens with two attached hydrogens (primary N) is 1. The maximum Gasteiger partial charge on any atom is 0.0774 e. The third-order valence-corrected chi connectivity index (χ3v) is 4.05. The quantitative estimate of drug-likeness (QED) is 0.736. The minimum absolute atomic E-state index is 0.407. The summed E-state index contributed by atoms with van der Waals surface area (Å²) in [5.41, 5.74) is 5.34. The van der Waals surface area contributed by atoms with Crippen molar-refractivity contribution in [1.82, 2.24) is 4.90 Å². The topological polar surface area (TPSA) is 49.5 Å². The molecule has 1 aliphatic carbocycles. The summed E-state index contributed by atoms with van der Waals surface area (Å²) in [5, 5.41) is 10.5. The van der Waals surface area contributed by atoms with Gasteiger partial charge in [-0.05, 0) is 32.2 Å². The predicted molar refractivity (Wildman–Crippen MR) is 61.7 cm³/mol. The molecule has 0 bridgehead atoms. The zero-order chi connectivity index (χ0) is 10.7. The van der Waals surface area contributed by atoms with Crippen LogP contribution in [-0.4, -0.2) is 41.3 Å². The van der Waals surface area contributed by atoms with Gasteiger partial charge in [-0.2, -0.15) is 0 Å². The van der Waals surface area contributed by atoms with E-state index in [-0.39, 0.29) is 0 Å². The second-order valence-corrected chi connectivity index (χ2v) is 5.29. The minimum atomic E-state index is -0.407. The average molecular weight is 212 g/mol. The standard InChI is InChI=1S/C12H24N2O/c13-9-11-5-4-8-14(11)10-12(15)6-2-1-3-7-12/h11,15H,1-10,13H2. The Hall–Kier alpha value is -0.120. The molecule has 1 heterocycles. The summed E-state index contributed by atoms with van der Waals surface area (Å²) in [5.74, 6) is 0. The van der Waals surface area contributed by atoms with E-state index in [4.69, 9.17) is 5.73 Å². The second-order valence-electron chi connectivity index (χ2n) is 5.29. The first-order valence-electron chi connectivity index (χ1n) is 6.40. The summed E-state index contributed by atoms with van der Waals surface area (Å²) in [4.78, 5) is 2.41. The monoisotopic (exact) mass is 212 g/mol. The molecular weight excluding hydrogens is 188 g/mol. The van der Waals surface area contributed by atoms with Crippen LogP contribution in [0.3, 0.4) is 0 Å². The normalized spacial score (nSPS) is 32.0. The van der Waals surface area contributed by atoms with Gasteiger partial charge in [-0.25, -0.2) is 0 Å². The maximum atomic E-state index is 10.5. The number of aliphatic hydroxyl groups is 1. The molecule has 3 heteroatoms. The highest BCUT2D eigenvalue weighted by Crippen LogP contribution is 2.30. The lowest BCUT2D eigenvalue weighted by atomic mass is 9.84. The highest BCUT2D eigenvalue weighted by Gasteiger charge is 2.34. The molecular formula is C12H24N2O. The summed E-state index contributed by atoms with van der Waals surface area (Å²) < 4.78 is 0. The van der Waals surface area contributed by atoms with E-state index in [9.17, 15) is 5.11 Å². The van der Waals surface area contributed by atoms with Crippen LogP contribution in [0, 0.1) is 0 Å². The molecule has 0 aromatic heterocycles. The molecule has 0 spiro atoms. The molecule has 2 rings (SSSR count). The fourth-order valence-electron chi connectivity index (χ4n) is 3.12.